The summed E-state index contributed by atoms with van der Waals surface area (Å²) in [4.78, 5) is 36.6. The molecule has 0 bridgehead atoms. The van der Waals surface area contributed by atoms with Crippen molar-refractivity contribution in [2.24, 2.45) is 11.8 Å². The molecule has 20 heavy (non-hydrogen) atoms. The Balaban J connectivity index is 2.07. The van der Waals surface area contributed by atoms with E-state index in [1.807, 2.05) is 0 Å². The molecule has 0 aromatic carbocycles. The molecule has 0 radical (unpaired) electrons. The largest absolute Gasteiger partial charge is 0.481 e. The van der Waals surface area contributed by atoms with Crippen LogP contribution in [0.15, 0.2) is 0 Å². The summed E-state index contributed by atoms with van der Waals surface area (Å²) < 4.78 is 10.6. The minimum atomic E-state index is -1.26. The lowest BCUT2D eigenvalue weighted by atomic mass is 9.85. The first-order valence-electron chi connectivity index (χ1n) is 5.89. The zero-order valence-electron chi connectivity index (χ0n) is 10.2. The van der Waals surface area contributed by atoms with Gasteiger partial charge < -0.3 is 24.5 Å². The van der Waals surface area contributed by atoms with E-state index in [1.165, 1.54) is 0 Å². The Morgan fingerprint density at radius 2 is 1.95 bits per heavy atom. The first kappa shape index (κ1) is 14.5. The van der Waals surface area contributed by atoms with Crippen molar-refractivity contribution in [2.75, 3.05) is 13.2 Å². The predicted molar refractivity (Wildman–Crippen MR) is 58.2 cm³/mol. The van der Waals surface area contributed by atoms with Crippen LogP contribution < -0.4 is 0 Å². The monoisotopic (exact) mass is 291 g/mol. The van der Waals surface area contributed by atoms with E-state index in [9.17, 15) is 19.7 Å². The highest BCUT2D eigenvalue weighted by Gasteiger charge is 2.53. The quantitative estimate of drug-likeness (QED) is 0.472. The molecule has 0 aromatic rings. The van der Waals surface area contributed by atoms with Crippen LogP contribution in [-0.4, -0.2) is 58.8 Å². The minimum Gasteiger partial charge on any atom is -0.481 e. The molecule has 2 heterocycles. The molecular formula is C10H13NO9. The van der Waals surface area contributed by atoms with Crippen LogP contribution >= 0.6 is 0 Å². The van der Waals surface area contributed by atoms with E-state index < -0.39 is 53.6 Å². The third kappa shape index (κ3) is 2.80. The van der Waals surface area contributed by atoms with Gasteiger partial charge in [0, 0.05) is 5.92 Å². The Labute approximate surface area is 112 Å². The summed E-state index contributed by atoms with van der Waals surface area (Å²) in [6.45, 7) is -0.122. The maximum atomic E-state index is 11.2. The molecule has 5 atom stereocenters. The highest BCUT2D eigenvalue weighted by atomic mass is 17.0. The fourth-order valence-electron chi connectivity index (χ4n) is 2.65. The molecule has 10 nitrogen and oxygen atoms in total. The number of carbonyl (C=O) groups is 2. The molecule has 2 aliphatic rings. The van der Waals surface area contributed by atoms with Crippen LogP contribution in [-0.2, 0) is 23.9 Å². The van der Waals surface area contributed by atoms with Gasteiger partial charge in [0.15, 0.2) is 6.10 Å². The first-order chi connectivity index (χ1) is 9.40. The maximum absolute atomic E-state index is 11.2. The zero-order valence-corrected chi connectivity index (χ0v) is 10.2. The van der Waals surface area contributed by atoms with Crippen molar-refractivity contribution in [2.45, 2.75) is 24.7 Å². The average Bonchev–Trinajstić information content (AvgIpc) is 2.88. The van der Waals surface area contributed by atoms with Crippen molar-refractivity contribution in [3.63, 3.8) is 0 Å². The molecule has 2 N–H and O–H groups in total. The van der Waals surface area contributed by atoms with E-state index >= 15 is 0 Å². The molecule has 2 fully saturated rings. The molecule has 2 saturated heterocycles. The van der Waals surface area contributed by atoms with Crippen LogP contribution in [0, 0.1) is 22.0 Å². The fourth-order valence-corrected chi connectivity index (χ4v) is 2.65. The van der Waals surface area contributed by atoms with E-state index in [-0.39, 0.29) is 13.2 Å². The summed E-state index contributed by atoms with van der Waals surface area (Å²) >= 11 is 0. The van der Waals surface area contributed by atoms with E-state index in [4.69, 9.17) is 19.7 Å². The van der Waals surface area contributed by atoms with Crippen molar-refractivity contribution < 1.29 is 39.2 Å². The summed E-state index contributed by atoms with van der Waals surface area (Å²) in [7, 11) is 0. The molecule has 0 saturated carbocycles. The molecule has 10 heteroatoms. The van der Waals surface area contributed by atoms with Crippen LogP contribution in [0.2, 0.25) is 0 Å². The van der Waals surface area contributed by atoms with Crippen molar-refractivity contribution in [3.8, 4) is 0 Å². The highest BCUT2D eigenvalue weighted by molar-refractivity contribution is 5.78. The number of aliphatic carboxylic acids is 2. The first-order valence-corrected chi connectivity index (χ1v) is 5.89. The van der Waals surface area contributed by atoms with Crippen molar-refractivity contribution in [1.82, 2.24) is 0 Å². The molecule has 2 rings (SSSR count). The van der Waals surface area contributed by atoms with Crippen LogP contribution in [0.1, 0.15) is 6.42 Å². The third-order valence-corrected chi connectivity index (χ3v) is 3.50. The smallest absolute Gasteiger partial charge is 0.307 e. The van der Waals surface area contributed by atoms with Crippen LogP contribution in [0.4, 0.5) is 0 Å². The van der Waals surface area contributed by atoms with Crippen molar-refractivity contribution in [1.29, 1.82) is 0 Å². The van der Waals surface area contributed by atoms with Crippen molar-refractivity contribution in [3.05, 3.63) is 10.1 Å². The van der Waals surface area contributed by atoms with Gasteiger partial charge in [0.25, 0.3) is 5.09 Å². The number of carboxylic acids is 2. The molecule has 0 aromatic heterocycles. The van der Waals surface area contributed by atoms with Gasteiger partial charge in [-0.1, -0.05) is 0 Å². The standard InChI is InChI=1S/C10H13NO9/c12-7(13)1-4(10(14)15)5-2-18-9-6(20-11(16)17)3-19-8(5)9/h4-6,8-9H,1-3H2,(H,12,13)(H,14,15). The maximum Gasteiger partial charge on any atom is 0.307 e. The number of ether oxygens (including phenoxy) is 2. The fraction of sp³-hybridized carbons (Fsp3) is 0.800. The number of fused-ring (bicyclic) bond motifs is 1. The predicted octanol–water partition coefficient (Wildman–Crippen LogP) is -0.847. The second-order valence-corrected chi connectivity index (χ2v) is 4.67. The lowest BCUT2D eigenvalue weighted by molar-refractivity contribution is -0.769. The van der Waals surface area contributed by atoms with Gasteiger partial charge in [-0.3, -0.25) is 9.59 Å². The Morgan fingerprint density at radius 3 is 2.50 bits per heavy atom. The number of rotatable bonds is 6. The number of hydrogen-bond donors (Lipinski definition) is 2. The van der Waals surface area contributed by atoms with E-state index in [2.05, 4.69) is 4.84 Å². The molecule has 0 amide bonds. The summed E-state index contributed by atoms with van der Waals surface area (Å²) in [5.74, 6) is -4.34. The topological polar surface area (TPSA) is 145 Å². The second-order valence-electron chi connectivity index (χ2n) is 4.67. The Bertz CT molecular complexity index is 425. The van der Waals surface area contributed by atoms with Gasteiger partial charge in [0.1, 0.15) is 6.10 Å². The average molecular weight is 291 g/mol. The van der Waals surface area contributed by atoms with Gasteiger partial charge in [0.2, 0.25) is 0 Å². The number of hydrogen-bond acceptors (Lipinski definition) is 7. The van der Waals surface area contributed by atoms with Crippen molar-refractivity contribution >= 4 is 11.9 Å². The molecule has 5 unspecified atom stereocenters. The normalized spacial score (nSPS) is 33.4. The lowest BCUT2D eigenvalue weighted by Gasteiger charge is -2.21. The van der Waals surface area contributed by atoms with Crippen LogP contribution in [0.25, 0.3) is 0 Å². The zero-order chi connectivity index (χ0) is 14.9. The SMILES string of the molecule is O=C(O)CC(C(=O)O)C1COC2C(O[N+](=O)[O-])COC12. The minimum absolute atomic E-state index is 0.0306. The molecule has 2 aliphatic heterocycles. The van der Waals surface area contributed by atoms with Gasteiger partial charge in [0.05, 0.1) is 31.7 Å². The number of carboxylic acid groups (broad SMARTS) is 2. The lowest BCUT2D eigenvalue weighted by Crippen LogP contribution is -2.37. The second kappa shape index (κ2) is 5.59. The molecule has 0 aliphatic carbocycles. The van der Waals surface area contributed by atoms with Gasteiger partial charge in [-0.25, -0.2) is 0 Å². The van der Waals surface area contributed by atoms with Crippen LogP contribution in [0.3, 0.4) is 0 Å². The highest BCUT2D eigenvalue weighted by Crippen LogP contribution is 2.37. The molecular weight excluding hydrogens is 278 g/mol. The molecule has 112 valence electrons. The summed E-state index contributed by atoms with van der Waals surface area (Å²) in [6.07, 6.45) is -2.93. The van der Waals surface area contributed by atoms with E-state index in [1.54, 1.807) is 0 Å². The van der Waals surface area contributed by atoms with Gasteiger partial charge in [-0.15, -0.1) is 10.1 Å². The summed E-state index contributed by atoms with van der Waals surface area (Å²) in [6, 6.07) is 0. The summed E-state index contributed by atoms with van der Waals surface area (Å²) in [5.41, 5.74) is 0. The summed E-state index contributed by atoms with van der Waals surface area (Å²) in [5, 5.41) is 27.2. The van der Waals surface area contributed by atoms with E-state index in [0.29, 0.717) is 0 Å². The third-order valence-electron chi connectivity index (χ3n) is 3.50. The van der Waals surface area contributed by atoms with Gasteiger partial charge in [-0.2, -0.15) is 0 Å². The Morgan fingerprint density at radius 1 is 1.30 bits per heavy atom. The molecule has 0 spiro atoms. The Hall–Kier alpha value is -1.94. The van der Waals surface area contributed by atoms with Gasteiger partial charge in [-0.05, 0) is 0 Å². The van der Waals surface area contributed by atoms with Crippen LogP contribution in [0.5, 0.6) is 0 Å². The van der Waals surface area contributed by atoms with Gasteiger partial charge >= 0.3 is 11.9 Å². The Kier molecular flexibility index (Phi) is 4.04. The van der Waals surface area contributed by atoms with E-state index in [0.717, 1.165) is 0 Å². The number of nitrogens with zero attached hydrogens (tertiary/aromatic N) is 1.